The Morgan fingerprint density at radius 3 is 2.45 bits per heavy atom. The number of halogens is 3. The van der Waals surface area contributed by atoms with Gasteiger partial charge in [-0.1, -0.05) is 12.0 Å². The fraction of sp³-hybridized carbons (Fsp3) is 0.357. The number of nitriles is 1. The van der Waals surface area contributed by atoms with Crippen molar-refractivity contribution in [2.45, 2.75) is 31.0 Å². The SMILES string of the molecule is [C-]#[N+]C(C#N)(CCC(F)(F)F)Cc1ccc(C#C)nc1. The van der Waals surface area contributed by atoms with Crippen LogP contribution in [-0.4, -0.2) is 16.7 Å². The number of terminal acetylenes is 1. The maximum atomic E-state index is 12.2. The number of nitrogens with zero attached hydrogens (tertiary/aromatic N) is 3. The lowest BCUT2D eigenvalue weighted by Crippen LogP contribution is -2.28. The van der Waals surface area contributed by atoms with E-state index in [1.165, 1.54) is 12.3 Å². The van der Waals surface area contributed by atoms with E-state index in [4.69, 9.17) is 18.3 Å². The third-order valence-electron chi connectivity index (χ3n) is 2.71. The summed E-state index contributed by atoms with van der Waals surface area (Å²) in [4.78, 5) is 6.99. The van der Waals surface area contributed by atoms with Gasteiger partial charge in [-0.3, -0.25) is 4.85 Å². The minimum Gasteiger partial charge on any atom is -0.294 e. The molecule has 0 aliphatic carbocycles. The van der Waals surface area contributed by atoms with Gasteiger partial charge < -0.3 is 0 Å². The third kappa shape index (κ3) is 4.30. The molecule has 0 radical (unpaired) electrons. The lowest BCUT2D eigenvalue weighted by molar-refractivity contribution is -0.136. The van der Waals surface area contributed by atoms with Crippen LogP contribution < -0.4 is 0 Å². The highest BCUT2D eigenvalue weighted by Crippen LogP contribution is 2.30. The zero-order chi connectivity index (χ0) is 15.2. The Bertz CT molecular complexity index is 569. The van der Waals surface area contributed by atoms with E-state index in [1.54, 1.807) is 12.1 Å². The molecule has 0 amide bonds. The predicted molar refractivity (Wildman–Crippen MR) is 66.1 cm³/mol. The average Bonchev–Trinajstić information content (AvgIpc) is 2.43. The lowest BCUT2D eigenvalue weighted by atomic mass is 9.89. The average molecular weight is 277 g/mol. The Balaban J connectivity index is 2.89. The molecule has 0 aromatic carbocycles. The summed E-state index contributed by atoms with van der Waals surface area (Å²) in [5.41, 5.74) is -0.840. The van der Waals surface area contributed by atoms with E-state index in [2.05, 4.69) is 15.7 Å². The molecule has 0 saturated carbocycles. The highest BCUT2D eigenvalue weighted by molar-refractivity contribution is 5.29. The molecular formula is C14H10F3N3. The third-order valence-corrected chi connectivity index (χ3v) is 2.71. The first-order valence-electron chi connectivity index (χ1n) is 5.62. The number of rotatable bonds is 4. The molecule has 1 aromatic rings. The van der Waals surface area contributed by atoms with Gasteiger partial charge in [0.15, 0.2) is 6.07 Å². The summed E-state index contributed by atoms with van der Waals surface area (Å²) in [6, 6.07) is 4.77. The van der Waals surface area contributed by atoms with E-state index < -0.39 is 24.6 Å². The van der Waals surface area contributed by atoms with Gasteiger partial charge in [0.25, 0.3) is 0 Å². The molecule has 0 N–H and O–H groups in total. The van der Waals surface area contributed by atoms with Crippen molar-refractivity contribution in [1.82, 2.24) is 4.98 Å². The molecule has 1 heterocycles. The highest BCUT2D eigenvalue weighted by atomic mass is 19.4. The van der Waals surface area contributed by atoms with E-state index in [0.717, 1.165) is 0 Å². The van der Waals surface area contributed by atoms with Gasteiger partial charge in [-0.05, 0) is 11.6 Å². The van der Waals surface area contributed by atoms with Gasteiger partial charge in [0.2, 0.25) is 0 Å². The van der Waals surface area contributed by atoms with Crippen LogP contribution in [-0.2, 0) is 6.42 Å². The van der Waals surface area contributed by atoms with Gasteiger partial charge in [0.1, 0.15) is 5.69 Å². The molecule has 1 aromatic heterocycles. The van der Waals surface area contributed by atoms with Crippen LogP contribution in [0.2, 0.25) is 0 Å². The van der Waals surface area contributed by atoms with Crippen LogP contribution in [0.4, 0.5) is 13.2 Å². The fourth-order valence-corrected chi connectivity index (χ4v) is 1.60. The lowest BCUT2D eigenvalue weighted by Gasteiger charge is -2.15. The summed E-state index contributed by atoms with van der Waals surface area (Å²) in [5.74, 6) is 2.30. The molecule has 0 bridgehead atoms. The minimum atomic E-state index is -4.39. The van der Waals surface area contributed by atoms with Crippen LogP contribution in [0, 0.1) is 30.2 Å². The summed E-state index contributed by atoms with van der Waals surface area (Å²) >= 11 is 0. The van der Waals surface area contributed by atoms with E-state index in [0.29, 0.717) is 11.3 Å². The smallest absolute Gasteiger partial charge is 0.294 e. The molecule has 20 heavy (non-hydrogen) atoms. The first-order valence-corrected chi connectivity index (χ1v) is 5.62. The summed E-state index contributed by atoms with van der Waals surface area (Å²) in [6.45, 7) is 7.03. The number of hydrogen-bond donors (Lipinski definition) is 0. The van der Waals surface area contributed by atoms with Crippen LogP contribution in [0.5, 0.6) is 0 Å². The van der Waals surface area contributed by atoms with Gasteiger partial charge >= 0.3 is 11.7 Å². The molecule has 1 unspecified atom stereocenters. The van der Waals surface area contributed by atoms with Crippen LogP contribution in [0.1, 0.15) is 24.1 Å². The molecule has 0 aliphatic heterocycles. The maximum absolute atomic E-state index is 12.2. The van der Waals surface area contributed by atoms with Crippen LogP contribution in [0.15, 0.2) is 18.3 Å². The zero-order valence-corrected chi connectivity index (χ0v) is 10.4. The normalized spacial score (nSPS) is 13.6. The van der Waals surface area contributed by atoms with E-state index >= 15 is 0 Å². The second-order valence-electron chi connectivity index (χ2n) is 4.24. The first kappa shape index (κ1) is 15.5. The van der Waals surface area contributed by atoms with Gasteiger partial charge in [-0.2, -0.15) is 18.4 Å². The molecule has 0 spiro atoms. The summed E-state index contributed by atoms with van der Waals surface area (Å²) in [7, 11) is 0. The van der Waals surface area contributed by atoms with Crippen LogP contribution in [0.3, 0.4) is 0 Å². The summed E-state index contributed by atoms with van der Waals surface area (Å²) in [6.07, 6.45) is 0.281. The molecule has 0 fully saturated rings. The standard InChI is InChI=1S/C14H10F3N3/c1-3-12-5-4-11(9-20-12)8-13(10-18,19-2)6-7-14(15,16)17/h1,4-5,9H,6-8H2. The Kier molecular flexibility index (Phi) is 4.73. The van der Waals surface area contributed by atoms with Crippen LogP contribution >= 0.6 is 0 Å². The fourth-order valence-electron chi connectivity index (χ4n) is 1.60. The number of pyridine rings is 1. The Morgan fingerprint density at radius 1 is 1.35 bits per heavy atom. The van der Waals surface area contributed by atoms with E-state index in [9.17, 15) is 13.2 Å². The Morgan fingerprint density at radius 2 is 2.05 bits per heavy atom. The topological polar surface area (TPSA) is 41.0 Å². The van der Waals surface area contributed by atoms with Crippen molar-refractivity contribution in [2.24, 2.45) is 0 Å². The Hall–Kier alpha value is -2.52. The predicted octanol–water partition coefficient (Wildman–Crippen LogP) is 3.13. The molecule has 3 nitrogen and oxygen atoms in total. The quantitative estimate of drug-likeness (QED) is 0.626. The molecule has 1 atom stereocenters. The number of aromatic nitrogens is 1. The second-order valence-corrected chi connectivity index (χ2v) is 4.24. The van der Waals surface area contributed by atoms with Gasteiger partial charge in [0.05, 0.1) is 12.8 Å². The van der Waals surface area contributed by atoms with Crippen molar-refractivity contribution in [3.05, 3.63) is 41.0 Å². The second kappa shape index (κ2) is 6.08. The van der Waals surface area contributed by atoms with Crippen molar-refractivity contribution in [3.63, 3.8) is 0 Å². The van der Waals surface area contributed by atoms with Crippen molar-refractivity contribution in [3.8, 4) is 18.4 Å². The highest BCUT2D eigenvalue weighted by Gasteiger charge is 2.41. The van der Waals surface area contributed by atoms with Gasteiger partial charge in [-0.25, -0.2) is 11.6 Å². The summed E-state index contributed by atoms with van der Waals surface area (Å²) < 4.78 is 36.7. The largest absolute Gasteiger partial charge is 0.389 e. The molecule has 102 valence electrons. The maximum Gasteiger partial charge on any atom is 0.389 e. The molecule has 0 aliphatic rings. The van der Waals surface area contributed by atoms with Crippen molar-refractivity contribution >= 4 is 0 Å². The van der Waals surface area contributed by atoms with Gasteiger partial charge in [-0.15, -0.1) is 6.42 Å². The molecule has 1 rings (SSSR count). The van der Waals surface area contributed by atoms with Gasteiger partial charge in [0, 0.05) is 12.6 Å². The van der Waals surface area contributed by atoms with Crippen molar-refractivity contribution in [1.29, 1.82) is 5.26 Å². The van der Waals surface area contributed by atoms with E-state index in [-0.39, 0.29) is 6.42 Å². The van der Waals surface area contributed by atoms with Crippen LogP contribution in [0.25, 0.3) is 4.85 Å². The zero-order valence-electron chi connectivity index (χ0n) is 10.4. The Labute approximate surface area is 114 Å². The number of alkyl halides is 3. The molecule has 6 heteroatoms. The van der Waals surface area contributed by atoms with Crippen molar-refractivity contribution < 1.29 is 13.2 Å². The number of hydrogen-bond acceptors (Lipinski definition) is 2. The molecular weight excluding hydrogens is 267 g/mol. The minimum absolute atomic E-state index is 0.110. The monoisotopic (exact) mass is 277 g/mol. The van der Waals surface area contributed by atoms with E-state index in [1.807, 2.05) is 0 Å². The first-order chi connectivity index (χ1) is 9.34. The summed E-state index contributed by atoms with van der Waals surface area (Å²) in [5, 5.41) is 9.05. The van der Waals surface area contributed by atoms with Crippen molar-refractivity contribution in [2.75, 3.05) is 0 Å². The molecule has 0 saturated heterocycles.